The minimum Gasteiger partial charge on any atom is -0.443 e. The first-order valence-electron chi connectivity index (χ1n) is 7.16. The number of carbonyl (C=O) groups is 1. The number of nitrogens with zero attached hydrogens (tertiary/aromatic N) is 1. The van der Waals surface area contributed by atoms with E-state index < -0.39 is 21.9 Å². The van der Waals surface area contributed by atoms with Crippen LogP contribution in [-0.2, 0) is 27.9 Å². The van der Waals surface area contributed by atoms with Crippen molar-refractivity contribution in [3.8, 4) is 0 Å². The second-order valence-corrected chi connectivity index (χ2v) is 8.14. The van der Waals surface area contributed by atoms with Crippen molar-refractivity contribution >= 4 is 16.3 Å². The maximum absolute atomic E-state index is 12.3. The molecule has 0 fully saturated rings. The zero-order valence-electron chi connectivity index (χ0n) is 13.3. The number of amides is 1. The van der Waals surface area contributed by atoms with E-state index >= 15 is 0 Å². The van der Waals surface area contributed by atoms with E-state index in [4.69, 9.17) is 4.74 Å². The van der Waals surface area contributed by atoms with Crippen LogP contribution >= 0.6 is 0 Å². The van der Waals surface area contributed by atoms with Crippen LogP contribution < -0.4 is 4.72 Å². The van der Waals surface area contributed by atoms with Crippen molar-refractivity contribution in [2.75, 3.05) is 6.54 Å². The highest BCUT2D eigenvalue weighted by atomic mass is 32.2. The maximum atomic E-state index is 12.3. The molecule has 7 heteroatoms. The van der Waals surface area contributed by atoms with Crippen LogP contribution in [0.2, 0.25) is 0 Å². The van der Waals surface area contributed by atoms with Gasteiger partial charge in [-0.1, -0.05) is 23.8 Å². The Bertz CT molecular complexity index is 677. The van der Waals surface area contributed by atoms with Crippen molar-refractivity contribution in [3.05, 3.63) is 34.9 Å². The number of ether oxygens (including phenoxy) is 1. The van der Waals surface area contributed by atoms with Crippen molar-refractivity contribution in [3.63, 3.8) is 0 Å². The molecule has 0 spiro atoms. The molecule has 1 N–H and O–H groups in total. The van der Waals surface area contributed by atoms with Gasteiger partial charge in [-0.3, -0.25) is 0 Å². The number of aryl methyl sites for hydroxylation is 1. The summed E-state index contributed by atoms with van der Waals surface area (Å²) in [6.45, 7) is 7.64. The van der Waals surface area contributed by atoms with E-state index in [0.29, 0.717) is 13.0 Å². The van der Waals surface area contributed by atoms with E-state index in [2.05, 4.69) is 6.07 Å². The summed E-state index contributed by atoms with van der Waals surface area (Å²) in [6.07, 6.45) is -0.325. The highest BCUT2D eigenvalue weighted by molar-refractivity contribution is 7.87. The molecule has 1 aromatic carbocycles. The zero-order valence-corrected chi connectivity index (χ0v) is 14.2. The molecule has 22 heavy (non-hydrogen) atoms. The van der Waals surface area contributed by atoms with Gasteiger partial charge in [0.2, 0.25) is 0 Å². The van der Waals surface area contributed by atoms with Gasteiger partial charge >= 0.3 is 16.3 Å². The largest absolute Gasteiger partial charge is 0.443 e. The highest BCUT2D eigenvalue weighted by Gasteiger charge is 2.29. The lowest BCUT2D eigenvalue weighted by atomic mass is 9.99. The Hall–Kier alpha value is -1.60. The molecule has 0 bridgehead atoms. The lowest BCUT2D eigenvalue weighted by Crippen LogP contribution is -2.46. The molecule has 1 heterocycles. The van der Waals surface area contributed by atoms with Gasteiger partial charge in [-0.05, 0) is 45.2 Å². The Labute approximate surface area is 131 Å². The summed E-state index contributed by atoms with van der Waals surface area (Å²) < 4.78 is 32.8. The predicted molar refractivity (Wildman–Crippen MR) is 83.6 cm³/mol. The Balaban J connectivity index is 2.08. The molecule has 1 aliphatic heterocycles. The summed E-state index contributed by atoms with van der Waals surface area (Å²) in [4.78, 5) is 11.7. The minimum absolute atomic E-state index is 0.258. The van der Waals surface area contributed by atoms with Crippen molar-refractivity contribution < 1.29 is 17.9 Å². The second-order valence-electron chi connectivity index (χ2n) is 6.46. The monoisotopic (exact) mass is 326 g/mol. The molecule has 0 aromatic heterocycles. The van der Waals surface area contributed by atoms with Crippen LogP contribution in [-0.4, -0.2) is 31.0 Å². The average Bonchev–Trinajstić information content (AvgIpc) is 2.34. The fraction of sp³-hybridized carbons (Fsp3) is 0.533. The van der Waals surface area contributed by atoms with E-state index in [0.717, 1.165) is 16.7 Å². The average molecular weight is 326 g/mol. The van der Waals surface area contributed by atoms with E-state index in [1.807, 2.05) is 23.8 Å². The second kappa shape index (κ2) is 5.89. The molecular formula is C15H22N2O4S. The van der Waals surface area contributed by atoms with E-state index in [1.165, 1.54) is 4.31 Å². The van der Waals surface area contributed by atoms with E-state index in [9.17, 15) is 13.2 Å². The summed E-state index contributed by atoms with van der Waals surface area (Å²) in [5.41, 5.74) is 2.53. The molecule has 0 unspecified atom stereocenters. The third-order valence-corrected chi connectivity index (χ3v) is 4.71. The standard InChI is InChI=1S/C15H22N2O4S/c1-11-5-6-13-10-17(8-7-12(13)9-11)22(19,20)16-14(18)21-15(2,3)4/h5-6,9H,7-8,10H2,1-4H3,(H,16,18). The smallest absolute Gasteiger partial charge is 0.422 e. The quantitative estimate of drug-likeness (QED) is 0.903. The first-order valence-corrected chi connectivity index (χ1v) is 8.60. The Morgan fingerprint density at radius 2 is 1.95 bits per heavy atom. The number of rotatable bonds is 2. The number of carbonyl (C=O) groups excluding carboxylic acids is 1. The van der Waals surface area contributed by atoms with Gasteiger partial charge in [0.1, 0.15) is 5.60 Å². The van der Waals surface area contributed by atoms with Gasteiger partial charge in [0.05, 0.1) is 0 Å². The van der Waals surface area contributed by atoms with Crippen LogP contribution in [0.15, 0.2) is 18.2 Å². The van der Waals surface area contributed by atoms with Crippen molar-refractivity contribution in [2.24, 2.45) is 0 Å². The molecule has 1 amide bonds. The first kappa shape index (κ1) is 16.8. The molecule has 2 rings (SSSR count). The predicted octanol–water partition coefficient (Wildman–Crippen LogP) is 2.12. The normalized spacial score (nSPS) is 16.0. The Kier molecular flexibility index (Phi) is 4.49. The third-order valence-electron chi connectivity index (χ3n) is 3.29. The third kappa shape index (κ3) is 4.20. The molecule has 0 radical (unpaired) electrons. The molecule has 0 aliphatic carbocycles. The molecule has 0 saturated carbocycles. The van der Waals surface area contributed by atoms with Crippen molar-refractivity contribution in [2.45, 2.75) is 46.3 Å². The molecule has 0 atom stereocenters. The van der Waals surface area contributed by atoms with Gasteiger partial charge in [-0.25, -0.2) is 9.52 Å². The van der Waals surface area contributed by atoms with Gasteiger partial charge in [-0.15, -0.1) is 0 Å². The SMILES string of the molecule is Cc1ccc2c(c1)CCN(S(=O)(=O)NC(=O)OC(C)(C)C)C2. The lowest BCUT2D eigenvalue weighted by molar-refractivity contribution is 0.0566. The molecule has 0 saturated heterocycles. The van der Waals surface area contributed by atoms with Crippen LogP contribution in [0.25, 0.3) is 0 Å². The fourth-order valence-corrected chi connectivity index (χ4v) is 3.35. The Morgan fingerprint density at radius 3 is 2.59 bits per heavy atom. The number of hydrogen-bond acceptors (Lipinski definition) is 4. The summed E-state index contributed by atoms with van der Waals surface area (Å²) >= 11 is 0. The molecule has 1 aliphatic rings. The maximum Gasteiger partial charge on any atom is 0.422 e. The van der Waals surface area contributed by atoms with Gasteiger partial charge < -0.3 is 4.74 Å². The van der Waals surface area contributed by atoms with Gasteiger partial charge in [0.25, 0.3) is 0 Å². The van der Waals surface area contributed by atoms with Gasteiger partial charge in [-0.2, -0.15) is 12.7 Å². The van der Waals surface area contributed by atoms with Gasteiger partial charge in [0.15, 0.2) is 0 Å². The molecular weight excluding hydrogens is 304 g/mol. The fourth-order valence-electron chi connectivity index (χ4n) is 2.33. The van der Waals surface area contributed by atoms with Crippen molar-refractivity contribution in [1.82, 2.24) is 9.03 Å². The zero-order chi connectivity index (χ0) is 16.5. The number of nitrogens with one attached hydrogen (secondary N) is 1. The lowest BCUT2D eigenvalue weighted by Gasteiger charge is -2.28. The summed E-state index contributed by atoms with van der Waals surface area (Å²) in [7, 11) is -3.90. The molecule has 122 valence electrons. The van der Waals surface area contributed by atoms with Crippen LogP contribution in [0.1, 0.15) is 37.5 Å². The number of fused-ring (bicyclic) bond motifs is 1. The number of hydrogen-bond donors (Lipinski definition) is 1. The first-order chi connectivity index (χ1) is 10.1. The topological polar surface area (TPSA) is 75.7 Å². The van der Waals surface area contributed by atoms with Crippen molar-refractivity contribution in [1.29, 1.82) is 0 Å². The summed E-state index contributed by atoms with van der Waals surface area (Å²) in [6, 6.07) is 5.96. The van der Waals surface area contributed by atoms with Crippen LogP contribution in [0.3, 0.4) is 0 Å². The Morgan fingerprint density at radius 1 is 1.27 bits per heavy atom. The number of benzene rings is 1. The van der Waals surface area contributed by atoms with Crippen LogP contribution in [0, 0.1) is 6.92 Å². The van der Waals surface area contributed by atoms with Crippen LogP contribution in [0.4, 0.5) is 4.79 Å². The summed E-state index contributed by atoms with van der Waals surface area (Å²) in [5, 5.41) is 0. The van der Waals surface area contributed by atoms with E-state index in [1.54, 1.807) is 20.8 Å². The molecule has 6 nitrogen and oxygen atoms in total. The van der Waals surface area contributed by atoms with Gasteiger partial charge in [0, 0.05) is 13.1 Å². The minimum atomic E-state index is -3.90. The van der Waals surface area contributed by atoms with E-state index in [-0.39, 0.29) is 6.54 Å². The van der Waals surface area contributed by atoms with Crippen LogP contribution in [0.5, 0.6) is 0 Å². The molecule has 1 aromatic rings. The summed E-state index contributed by atoms with van der Waals surface area (Å²) in [5.74, 6) is 0. The highest BCUT2D eigenvalue weighted by Crippen LogP contribution is 2.22.